The molecule has 0 saturated heterocycles. The van der Waals surface area contributed by atoms with Gasteiger partial charge in [0.25, 0.3) is 0 Å². The van der Waals surface area contributed by atoms with E-state index >= 15 is 0 Å². The molecule has 0 spiro atoms. The molecule has 26 heavy (non-hydrogen) atoms. The van der Waals surface area contributed by atoms with Gasteiger partial charge >= 0.3 is 5.51 Å². The molecule has 0 aliphatic carbocycles. The van der Waals surface area contributed by atoms with Crippen molar-refractivity contribution in [1.82, 2.24) is 9.97 Å². The first kappa shape index (κ1) is 16.7. The highest BCUT2D eigenvalue weighted by atomic mass is 32.2. The highest BCUT2D eigenvalue weighted by molar-refractivity contribution is 7.95. The Hall–Kier alpha value is -2.74. The summed E-state index contributed by atoms with van der Waals surface area (Å²) in [6, 6.07) is 13.1. The van der Waals surface area contributed by atoms with E-state index in [1.807, 2.05) is 43.3 Å². The summed E-state index contributed by atoms with van der Waals surface area (Å²) in [6.45, 7) is 1.87. The van der Waals surface area contributed by atoms with Crippen molar-refractivity contribution in [3.8, 4) is 17.2 Å². The largest absolute Gasteiger partial charge is 0.479 e. The third kappa shape index (κ3) is 3.32. The van der Waals surface area contributed by atoms with Crippen LogP contribution in [0.3, 0.4) is 0 Å². The Morgan fingerprint density at radius 3 is 2.69 bits per heavy atom. The SMILES string of the molecule is Cc1cc(-c2cc3ccccc3o2)c2ncc(OSC(F)(F)F)nc2c1. The standard InChI is InChI=1S/C18H11F3N2O2S/c1-10-6-12(15-8-11-4-2-3-5-14(11)24-15)17-13(7-10)23-16(9-22-17)25-26-18(19,20)21/h2-9H,1H3. The lowest BCUT2D eigenvalue weighted by Gasteiger charge is -2.08. The van der Waals surface area contributed by atoms with Crippen LogP contribution in [0.25, 0.3) is 33.3 Å². The molecule has 132 valence electrons. The van der Waals surface area contributed by atoms with Gasteiger partial charge in [-0.1, -0.05) is 18.2 Å². The lowest BCUT2D eigenvalue weighted by molar-refractivity contribution is -0.0370. The maximum absolute atomic E-state index is 12.3. The molecule has 0 bridgehead atoms. The Labute approximate surface area is 150 Å². The molecule has 8 heteroatoms. The van der Waals surface area contributed by atoms with Gasteiger partial charge in [-0.3, -0.25) is 0 Å². The number of rotatable bonds is 3. The van der Waals surface area contributed by atoms with Crippen molar-refractivity contribution >= 4 is 34.0 Å². The highest BCUT2D eigenvalue weighted by Crippen LogP contribution is 2.35. The Kier molecular flexibility index (Phi) is 3.99. The van der Waals surface area contributed by atoms with E-state index in [9.17, 15) is 13.2 Å². The van der Waals surface area contributed by atoms with Crippen LogP contribution < -0.4 is 4.18 Å². The molecule has 0 radical (unpaired) electrons. The van der Waals surface area contributed by atoms with Crippen LogP contribution in [-0.4, -0.2) is 15.5 Å². The summed E-state index contributed by atoms with van der Waals surface area (Å²) in [6.07, 6.45) is 1.17. The van der Waals surface area contributed by atoms with Crippen LogP contribution in [0.1, 0.15) is 5.56 Å². The molecule has 2 aromatic heterocycles. The van der Waals surface area contributed by atoms with Crippen molar-refractivity contribution in [1.29, 1.82) is 0 Å². The summed E-state index contributed by atoms with van der Waals surface area (Å²) in [7, 11) is 0. The third-order valence-corrected chi connectivity index (χ3v) is 4.12. The van der Waals surface area contributed by atoms with E-state index in [2.05, 4.69) is 14.2 Å². The second kappa shape index (κ2) is 6.21. The van der Waals surface area contributed by atoms with Gasteiger partial charge in [0.15, 0.2) is 12.0 Å². The number of halogens is 3. The van der Waals surface area contributed by atoms with Crippen LogP contribution in [-0.2, 0) is 0 Å². The summed E-state index contributed by atoms with van der Waals surface area (Å²) >= 11 is -0.618. The van der Waals surface area contributed by atoms with Crippen molar-refractivity contribution in [3.05, 3.63) is 54.2 Å². The minimum atomic E-state index is -4.51. The van der Waals surface area contributed by atoms with Crippen LogP contribution in [0, 0.1) is 6.92 Å². The maximum atomic E-state index is 12.3. The highest BCUT2D eigenvalue weighted by Gasteiger charge is 2.31. The normalized spacial score (nSPS) is 12.0. The molecule has 4 aromatic rings. The predicted molar refractivity (Wildman–Crippen MR) is 93.8 cm³/mol. The fourth-order valence-electron chi connectivity index (χ4n) is 2.68. The van der Waals surface area contributed by atoms with Gasteiger partial charge in [-0.05, 0) is 36.8 Å². The Bertz CT molecular complexity index is 1080. The van der Waals surface area contributed by atoms with Crippen LogP contribution in [0.5, 0.6) is 5.88 Å². The van der Waals surface area contributed by atoms with Gasteiger partial charge in [-0.2, -0.15) is 13.2 Å². The van der Waals surface area contributed by atoms with E-state index < -0.39 is 17.6 Å². The first-order valence-corrected chi connectivity index (χ1v) is 8.32. The van der Waals surface area contributed by atoms with Crippen molar-refractivity contribution < 1.29 is 21.8 Å². The third-order valence-electron chi connectivity index (χ3n) is 3.68. The lowest BCUT2D eigenvalue weighted by atomic mass is 10.1. The number of aromatic nitrogens is 2. The van der Waals surface area contributed by atoms with Gasteiger partial charge in [-0.25, -0.2) is 9.97 Å². The summed E-state index contributed by atoms with van der Waals surface area (Å²) in [5.74, 6) is 0.411. The average Bonchev–Trinajstić information content (AvgIpc) is 3.02. The topological polar surface area (TPSA) is 48.2 Å². The van der Waals surface area contributed by atoms with Crippen molar-refractivity contribution in [3.63, 3.8) is 0 Å². The summed E-state index contributed by atoms with van der Waals surface area (Å²) in [5.41, 5.74) is -1.21. The molecule has 4 rings (SSSR count). The Balaban J connectivity index is 1.80. The molecule has 0 aliphatic rings. The van der Waals surface area contributed by atoms with Crippen LogP contribution in [0.2, 0.25) is 0 Å². The predicted octanol–water partition coefficient (Wildman–Crippen LogP) is 5.90. The molecule has 0 aliphatic heterocycles. The molecule has 0 N–H and O–H groups in total. The van der Waals surface area contributed by atoms with Gasteiger partial charge in [0.05, 0.1) is 17.2 Å². The molecule has 0 fully saturated rings. The number of furan rings is 1. The van der Waals surface area contributed by atoms with Gasteiger partial charge in [0, 0.05) is 10.9 Å². The number of hydrogen-bond donors (Lipinski definition) is 0. The quantitative estimate of drug-likeness (QED) is 0.417. The fraction of sp³-hybridized carbons (Fsp3) is 0.111. The smallest absolute Gasteiger partial charge is 0.456 e. The molecule has 2 heterocycles. The lowest BCUT2D eigenvalue weighted by Crippen LogP contribution is -2.03. The number of benzene rings is 2. The number of alkyl halides is 3. The summed E-state index contributed by atoms with van der Waals surface area (Å²) in [5, 5.41) is 0.951. The molecule has 4 nitrogen and oxygen atoms in total. The zero-order chi connectivity index (χ0) is 18.3. The number of hydrogen-bond acceptors (Lipinski definition) is 5. The Morgan fingerprint density at radius 2 is 1.92 bits per heavy atom. The number of fused-ring (bicyclic) bond motifs is 2. The molecule has 2 aromatic carbocycles. The summed E-state index contributed by atoms with van der Waals surface area (Å²) < 4.78 is 47.3. The number of aryl methyl sites for hydroxylation is 1. The van der Waals surface area contributed by atoms with Gasteiger partial charge in [-0.15, -0.1) is 0 Å². The molecule has 0 unspecified atom stereocenters. The van der Waals surface area contributed by atoms with Gasteiger partial charge < -0.3 is 8.60 Å². The minimum Gasteiger partial charge on any atom is -0.456 e. The van der Waals surface area contributed by atoms with E-state index in [4.69, 9.17) is 4.42 Å². The second-order valence-corrected chi connectivity index (χ2v) is 6.45. The first-order chi connectivity index (χ1) is 12.4. The van der Waals surface area contributed by atoms with Gasteiger partial charge in [0.1, 0.15) is 11.3 Å². The van der Waals surface area contributed by atoms with Crippen LogP contribution in [0.15, 0.2) is 53.1 Å². The van der Waals surface area contributed by atoms with E-state index in [0.717, 1.165) is 22.1 Å². The van der Waals surface area contributed by atoms with E-state index in [0.29, 0.717) is 16.8 Å². The zero-order valence-electron chi connectivity index (χ0n) is 13.4. The van der Waals surface area contributed by atoms with Crippen LogP contribution in [0.4, 0.5) is 13.2 Å². The van der Waals surface area contributed by atoms with Crippen LogP contribution >= 0.6 is 12.0 Å². The van der Waals surface area contributed by atoms with Gasteiger partial charge in [0.2, 0.25) is 5.88 Å². The monoisotopic (exact) mass is 376 g/mol. The van der Waals surface area contributed by atoms with Crippen molar-refractivity contribution in [2.45, 2.75) is 12.4 Å². The fourth-order valence-corrected chi connectivity index (χ4v) is 2.94. The van der Waals surface area contributed by atoms with E-state index in [1.165, 1.54) is 6.20 Å². The molecule has 0 saturated carbocycles. The minimum absolute atomic E-state index is 0.207. The van der Waals surface area contributed by atoms with E-state index in [-0.39, 0.29) is 5.88 Å². The number of nitrogens with zero attached hydrogens (tertiary/aromatic N) is 2. The van der Waals surface area contributed by atoms with Crippen molar-refractivity contribution in [2.75, 3.05) is 0 Å². The van der Waals surface area contributed by atoms with E-state index in [1.54, 1.807) is 6.07 Å². The molecular weight excluding hydrogens is 365 g/mol. The molecular formula is C18H11F3N2O2S. The first-order valence-electron chi connectivity index (χ1n) is 7.58. The Morgan fingerprint density at radius 1 is 1.12 bits per heavy atom. The van der Waals surface area contributed by atoms with Crippen molar-refractivity contribution in [2.24, 2.45) is 0 Å². The molecule has 0 atom stereocenters. The molecule has 0 amide bonds. The average molecular weight is 376 g/mol. The number of para-hydroxylation sites is 1. The summed E-state index contributed by atoms with van der Waals surface area (Å²) in [4.78, 5) is 8.37. The zero-order valence-corrected chi connectivity index (χ0v) is 14.2. The maximum Gasteiger partial charge on any atom is 0.479 e. The second-order valence-electron chi connectivity index (χ2n) is 5.65.